The summed E-state index contributed by atoms with van der Waals surface area (Å²) >= 11 is 0. The minimum absolute atomic E-state index is 0.0894. The van der Waals surface area contributed by atoms with E-state index < -0.39 is 70.3 Å². The second kappa shape index (κ2) is 19.2. The van der Waals surface area contributed by atoms with Crippen LogP contribution < -0.4 is 28.4 Å². The number of ether oxygens (including phenoxy) is 6. The molecule has 0 unspecified atom stereocenters. The van der Waals surface area contributed by atoms with Crippen molar-refractivity contribution in [2.45, 2.75) is 119 Å². The molecule has 234 valence electrons. The molecule has 0 atom stereocenters. The van der Waals surface area contributed by atoms with E-state index in [1.807, 2.05) is 0 Å². The van der Waals surface area contributed by atoms with E-state index in [0.29, 0.717) is 38.5 Å². The van der Waals surface area contributed by atoms with E-state index in [2.05, 4.69) is 0 Å². The van der Waals surface area contributed by atoms with Crippen molar-refractivity contribution in [2.75, 3.05) is 0 Å². The van der Waals surface area contributed by atoms with Gasteiger partial charge in [-0.2, -0.15) is 0 Å². The summed E-state index contributed by atoms with van der Waals surface area (Å²) in [6.45, 7) is 10.3. The van der Waals surface area contributed by atoms with Crippen LogP contribution in [0.4, 0.5) is 0 Å². The van der Waals surface area contributed by atoms with E-state index in [9.17, 15) is 28.8 Å². The largest absolute Gasteiger partial charge is 0.418 e. The number of esters is 6. The highest BCUT2D eigenvalue weighted by Gasteiger charge is 2.38. The van der Waals surface area contributed by atoms with Gasteiger partial charge in [0.2, 0.25) is 34.5 Å². The Bertz CT molecular complexity index is 877. The molecule has 0 aromatic heterocycles. The molecule has 0 spiro atoms. The van der Waals surface area contributed by atoms with Crippen molar-refractivity contribution in [3.05, 3.63) is 0 Å². The Morgan fingerprint density at radius 1 is 0.310 bits per heavy atom. The molecule has 0 aliphatic heterocycles. The van der Waals surface area contributed by atoms with E-state index in [4.69, 9.17) is 28.4 Å². The maximum atomic E-state index is 12.8. The summed E-state index contributed by atoms with van der Waals surface area (Å²) in [5, 5.41) is 0. The van der Waals surface area contributed by atoms with Crippen LogP contribution in [-0.2, 0) is 28.8 Å². The Morgan fingerprint density at radius 3 is 0.524 bits per heavy atom. The average molecular weight is 595 g/mol. The third kappa shape index (κ3) is 11.5. The first-order valence-electron chi connectivity index (χ1n) is 14.5. The van der Waals surface area contributed by atoms with Crippen LogP contribution in [0.15, 0.2) is 0 Å². The molecule has 0 heterocycles. The van der Waals surface area contributed by atoms with Gasteiger partial charge in [0.25, 0.3) is 0 Å². The smallest absolute Gasteiger partial charge is 0.311 e. The lowest BCUT2D eigenvalue weighted by atomic mass is 10.2. The Kier molecular flexibility index (Phi) is 16.5. The lowest BCUT2D eigenvalue weighted by molar-refractivity contribution is -0.140. The lowest BCUT2D eigenvalue weighted by Gasteiger charge is -2.23. The predicted molar refractivity (Wildman–Crippen MR) is 150 cm³/mol. The van der Waals surface area contributed by atoms with Crippen LogP contribution in [0.1, 0.15) is 119 Å². The monoisotopic (exact) mass is 594 g/mol. The minimum Gasteiger partial charge on any atom is -0.418 e. The van der Waals surface area contributed by atoms with E-state index in [1.54, 1.807) is 41.5 Å². The van der Waals surface area contributed by atoms with E-state index in [0.717, 1.165) is 0 Å². The maximum Gasteiger partial charge on any atom is 0.311 e. The fourth-order valence-electron chi connectivity index (χ4n) is 3.39. The molecule has 0 radical (unpaired) electrons. The average Bonchev–Trinajstić information content (AvgIpc) is 2.91. The second-order valence-electron chi connectivity index (χ2n) is 9.32. The van der Waals surface area contributed by atoms with E-state index in [-0.39, 0.29) is 38.5 Å². The number of hydrogen-bond acceptors (Lipinski definition) is 12. The topological polar surface area (TPSA) is 158 Å². The van der Waals surface area contributed by atoms with Gasteiger partial charge in [-0.05, 0) is 38.5 Å². The Balaban J connectivity index is 4.32. The fraction of sp³-hybridized carbons (Fsp3) is 0.600. The van der Waals surface area contributed by atoms with Crippen LogP contribution >= 0.6 is 0 Å². The van der Waals surface area contributed by atoms with Crippen molar-refractivity contribution in [3.63, 3.8) is 0 Å². The van der Waals surface area contributed by atoms with Crippen molar-refractivity contribution in [1.29, 1.82) is 0 Å². The van der Waals surface area contributed by atoms with Gasteiger partial charge in [0.1, 0.15) is 0 Å². The molecular weight excluding hydrogens is 552 g/mol. The van der Waals surface area contributed by atoms with Crippen LogP contribution in [0.25, 0.3) is 0 Å². The normalized spacial score (nSPS) is 10.4. The zero-order valence-corrected chi connectivity index (χ0v) is 25.4. The highest BCUT2D eigenvalue weighted by molar-refractivity contribution is 5.90. The quantitative estimate of drug-likeness (QED) is 0.146. The first kappa shape index (κ1) is 36.1. The molecule has 0 N–H and O–H groups in total. The van der Waals surface area contributed by atoms with Crippen molar-refractivity contribution >= 4 is 35.8 Å². The van der Waals surface area contributed by atoms with Crippen LogP contribution in [0.5, 0.6) is 34.5 Å². The summed E-state index contributed by atoms with van der Waals surface area (Å²) in [4.78, 5) is 76.5. The standard InChI is InChI=1S/C30H42O12/c1-7-13-19(31)37-25-26(38-20(32)14-8-2)28(40-22(34)16-10-4)30(42-24(36)18-12-6)29(41-23(35)17-11-5)27(25)39-21(33)15-9-3/h7-18H2,1-6H3. The number of rotatable bonds is 18. The maximum absolute atomic E-state index is 12.8. The van der Waals surface area contributed by atoms with Gasteiger partial charge in [-0.25, -0.2) is 0 Å². The zero-order valence-electron chi connectivity index (χ0n) is 25.4. The third-order valence-corrected chi connectivity index (χ3v) is 5.26. The van der Waals surface area contributed by atoms with Gasteiger partial charge in [0, 0.05) is 38.5 Å². The molecule has 0 saturated heterocycles. The fourth-order valence-corrected chi connectivity index (χ4v) is 3.39. The SMILES string of the molecule is CCCC(=O)Oc1c(OC(=O)CCC)c(OC(=O)CCC)c(OC(=O)CCC)c(OC(=O)CCC)c1OC(=O)CCC. The highest BCUT2D eigenvalue weighted by Crippen LogP contribution is 2.59. The van der Waals surface area contributed by atoms with Gasteiger partial charge in [-0.1, -0.05) is 41.5 Å². The van der Waals surface area contributed by atoms with Crippen molar-refractivity contribution in [2.24, 2.45) is 0 Å². The summed E-state index contributed by atoms with van der Waals surface area (Å²) in [7, 11) is 0. The van der Waals surface area contributed by atoms with Gasteiger partial charge < -0.3 is 28.4 Å². The van der Waals surface area contributed by atoms with Crippen molar-refractivity contribution < 1.29 is 57.2 Å². The summed E-state index contributed by atoms with van der Waals surface area (Å²) in [5.74, 6) is -8.74. The Morgan fingerprint density at radius 2 is 0.429 bits per heavy atom. The third-order valence-electron chi connectivity index (χ3n) is 5.26. The summed E-state index contributed by atoms with van der Waals surface area (Å²) in [6.07, 6.45) is 1.70. The summed E-state index contributed by atoms with van der Waals surface area (Å²) in [6, 6.07) is 0. The van der Waals surface area contributed by atoms with E-state index in [1.165, 1.54) is 0 Å². The molecule has 1 aromatic carbocycles. The summed E-state index contributed by atoms with van der Waals surface area (Å²) < 4.78 is 33.2. The molecule has 0 amide bonds. The molecule has 12 nitrogen and oxygen atoms in total. The molecule has 0 bridgehead atoms. The van der Waals surface area contributed by atoms with Crippen LogP contribution in [-0.4, -0.2) is 35.8 Å². The first-order chi connectivity index (χ1) is 20.1. The molecule has 42 heavy (non-hydrogen) atoms. The van der Waals surface area contributed by atoms with Crippen LogP contribution in [0, 0.1) is 0 Å². The molecule has 0 aliphatic rings. The van der Waals surface area contributed by atoms with Crippen LogP contribution in [0.2, 0.25) is 0 Å². The van der Waals surface area contributed by atoms with Gasteiger partial charge in [0.15, 0.2) is 0 Å². The molecule has 0 saturated carbocycles. The molecular formula is C30H42O12. The first-order valence-corrected chi connectivity index (χ1v) is 14.5. The van der Waals surface area contributed by atoms with Crippen molar-refractivity contribution in [3.8, 4) is 34.5 Å². The van der Waals surface area contributed by atoms with Gasteiger partial charge in [0.05, 0.1) is 0 Å². The molecule has 12 heteroatoms. The lowest BCUT2D eigenvalue weighted by Crippen LogP contribution is -2.20. The predicted octanol–water partition coefficient (Wildman–Crippen LogP) is 5.92. The number of hydrogen-bond donors (Lipinski definition) is 0. The molecule has 1 aromatic rings. The van der Waals surface area contributed by atoms with Gasteiger partial charge >= 0.3 is 35.8 Å². The molecule has 0 aliphatic carbocycles. The van der Waals surface area contributed by atoms with Gasteiger partial charge in [-0.3, -0.25) is 28.8 Å². The van der Waals surface area contributed by atoms with E-state index >= 15 is 0 Å². The second-order valence-corrected chi connectivity index (χ2v) is 9.32. The Hall–Kier alpha value is -3.96. The van der Waals surface area contributed by atoms with Crippen LogP contribution in [0.3, 0.4) is 0 Å². The highest BCUT2D eigenvalue weighted by atomic mass is 16.6. The summed E-state index contributed by atoms with van der Waals surface area (Å²) in [5.41, 5.74) is 0. The minimum atomic E-state index is -0.814. The zero-order chi connectivity index (χ0) is 31.7. The van der Waals surface area contributed by atoms with Crippen molar-refractivity contribution in [1.82, 2.24) is 0 Å². The Labute approximate surface area is 246 Å². The number of carbonyl (C=O) groups excluding carboxylic acids is 6. The number of benzene rings is 1. The molecule has 1 rings (SSSR count). The molecule has 0 fully saturated rings. The van der Waals surface area contributed by atoms with Gasteiger partial charge in [-0.15, -0.1) is 0 Å². The number of carbonyl (C=O) groups is 6.